The molecule has 0 aromatic heterocycles. The summed E-state index contributed by atoms with van der Waals surface area (Å²) in [6, 6.07) is 16.3. The van der Waals surface area contributed by atoms with Gasteiger partial charge in [0.15, 0.2) is 0 Å². The Hall–Kier alpha value is 0.694. The molecule has 0 amide bonds. The van der Waals surface area contributed by atoms with E-state index in [0.717, 1.165) is 22.8 Å². The summed E-state index contributed by atoms with van der Waals surface area (Å²) in [5.41, 5.74) is 3.79. The first-order valence-electron chi connectivity index (χ1n) is 6.40. The summed E-state index contributed by atoms with van der Waals surface area (Å²) >= 11 is 10.6. The van der Waals surface area contributed by atoms with Gasteiger partial charge in [-0.05, 0) is 108 Å². The Balaban J connectivity index is 0.000000816. The van der Waals surface area contributed by atoms with E-state index in [1.807, 2.05) is 38.1 Å². The molecule has 2 rings (SSSR count). The third kappa shape index (κ3) is 9.09. The van der Waals surface area contributed by atoms with Crippen LogP contribution in [0.4, 0.5) is 11.4 Å². The van der Waals surface area contributed by atoms with Crippen molar-refractivity contribution in [1.82, 2.24) is 0 Å². The molecule has 0 unspecified atom stereocenters. The van der Waals surface area contributed by atoms with E-state index in [1.165, 1.54) is 18.0 Å². The summed E-state index contributed by atoms with van der Waals surface area (Å²) in [5, 5.41) is 0. The van der Waals surface area contributed by atoms with Crippen molar-refractivity contribution in [3.05, 3.63) is 55.7 Å². The van der Waals surface area contributed by atoms with Gasteiger partial charge in [0.05, 0.1) is 22.8 Å². The first-order chi connectivity index (χ1) is 11.0. The van der Waals surface area contributed by atoms with Gasteiger partial charge in [-0.3, -0.25) is 9.98 Å². The molecule has 0 spiro atoms. The molecule has 0 saturated carbocycles. The molecule has 126 valence electrons. The van der Waals surface area contributed by atoms with Crippen LogP contribution in [-0.4, -0.2) is 11.4 Å². The molecular weight excluding hydrogens is 692 g/mol. The molecule has 0 heterocycles. The standard InChI is InChI=1S/C16H14I2N2.2BrH.Ni/c1-11(19-15-7-3-13(17)4-8-15)12(2)20-16-9-5-14(18)6-10-16;;;/h3-10H,1-2H3;2*1H;/q;;;+2/p-2. The van der Waals surface area contributed by atoms with Gasteiger partial charge in [0.25, 0.3) is 0 Å². The minimum atomic E-state index is 0.935. The van der Waals surface area contributed by atoms with Crippen LogP contribution in [0.5, 0.6) is 0 Å². The maximum atomic E-state index is 4.59. The van der Waals surface area contributed by atoms with E-state index in [0.29, 0.717) is 0 Å². The van der Waals surface area contributed by atoms with Gasteiger partial charge in [0, 0.05) is 7.14 Å². The Morgan fingerprint density at radius 3 is 1.26 bits per heavy atom. The van der Waals surface area contributed by atoms with Gasteiger partial charge in [-0.1, -0.05) is 0 Å². The average molecular weight is 707 g/mol. The molecule has 0 N–H and O–H groups in total. The summed E-state index contributed by atoms with van der Waals surface area (Å²) < 4.78 is 2.42. The number of hydrogen-bond acceptors (Lipinski definition) is 2. The molecule has 0 aliphatic rings. The van der Waals surface area contributed by atoms with Crippen LogP contribution < -0.4 is 0 Å². The van der Waals surface area contributed by atoms with E-state index in [2.05, 4.69) is 108 Å². The van der Waals surface area contributed by atoms with Crippen molar-refractivity contribution in [1.29, 1.82) is 0 Å². The molecule has 2 aromatic rings. The third-order valence-corrected chi connectivity index (χ3v) is 4.21. The van der Waals surface area contributed by atoms with Gasteiger partial charge in [0.2, 0.25) is 0 Å². The SMILES string of the molecule is CC(=Nc1ccc(I)cc1)C(C)=Nc1ccc(I)cc1.[Br][Ni][Br]. The molecule has 0 atom stereocenters. The fraction of sp³-hybridized carbons (Fsp3) is 0.125. The molecule has 23 heavy (non-hydrogen) atoms. The van der Waals surface area contributed by atoms with E-state index in [4.69, 9.17) is 0 Å². The van der Waals surface area contributed by atoms with Gasteiger partial charge in [0.1, 0.15) is 0 Å². The molecule has 0 bridgehead atoms. The van der Waals surface area contributed by atoms with Gasteiger partial charge >= 0.3 is 39.3 Å². The minimum absolute atomic E-state index is 0.935. The quantitative estimate of drug-likeness (QED) is 0.180. The summed E-state index contributed by atoms with van der Waals surface area (Å²) in [6.45, 7) is 3.98. The molecule has 0 aliphatic heterocycles. The van der Waals surface area contributed by atoms with E-state index in [9.17, 15) is 0 Å². The first-order valence-corrected chi connectivity index (χ1v) is 13.4. The first kappa shape index (κ1) is 21.7. The van der Waals surface area contributed by atoms with Crippen molar-refractivity contribution in [2.24, 2.45) is 9.98 Å². The van der Waals surface area contributed by atoms with E-state index >= 15 is 0 Å². The van der Waals surface area contributed by atoms with Crippen molar-refractivity contribution < 1.29 is 10.9 Å². The topological polar surface area (TPSA) is 24.7 Å². The fourth-order valence-corrected chi connectivity index (χ4v) is 2.30. The predicted molar refractivity (Wildman–Crippen MR) is 122 cm³/mol. The van der Waals surface area contributed by atoms with Gasteiger partial charge in [-0.25, -0.2) is 0 Å². The summed E-state index contributed by atoms with van der Waals surface area (Å²) in [4.78, 5) is 9.19. The van der Waals surface area contributed by atoms with Crippen LogP contribution in [-0.2, 0) is 10.9 Å². The van der Waals surface area contributed by atoms with Crippen molar-refractivity contribution in [3.63, 3.8) is 0 Å². The Labute approximate surface area is 184 Å². The van der Waals surface area contributed by atoms with Gasteiger partial charge in [-0.15, -0.1) is 0 Å². The van der Waals surface area contributed by atoms with Gasteiger partial charge < -0.3 is 0 Å². The van der Waals surface area contributed by atoms with Crippen molar-refractivity contribution in [2.75, 3.05) is 0 Å². The zero-order valence-corrected chi connectivity index (χ0v) is 20.8. The second kappa shape index (κ2) is 12.1. The Morgan fingerprint density at radius 2 is 1.00 bits per heavy atom. The Bertz CT molecular complexity index is 612. The number of rotatable bonds is 3. The summed E-state index contributed by atoms with van der Waals surface area (Å²) in [5.74, 6) is 0. The third-order valence-electron chi connectivity index (χ3n) is 2.77. The van der Waals surface area contributed by atoms with E-state index < -0.39 is 0 Å². The second-order valence-electron chi connectivity index (χ2n) is 4.39. The van der Waals surface area contributed by atoms with Crippen LogP contribution in [0.15, 0.2) is 58.5 Å². The average Bonchev–Trinajstić information content (AvgIpc) is 2.52. The molecule has 2 nitrogen and oxygen atoms in total. The van der Waals surface area contributed by atoms with Crippen LogP contribution in [0.1, 0.15) is 13.8 Å². The van der Waals surface area contributed by atoms with E-state index in [-0.39, 0.29) is 0 Å². The van der Waals surface area contributed by atoms with Gasteiger partial charge in [-0.2, -0.15) is 0 Å². The number of aliphatic imine (C=N–C) groups is 2. The van der Waals surface area contributed by atoms with Crippen LogP contribution in [0.3, 0.4) is 0 Å². The normalized spacial score (nSPS) is 11.9. The molecular formula is C16H14Br2I2N2Ni. The van der Waals surface area contributed by atoms with Crippen LogP contribution >= 0.6 is 73.6 Å². The molecule has 0 aliphatic carbocycles. The predicted octanol–water partition coefficient (Wildman–Crippen LogP) is 7.47. The maximum absolute atomic E-state index is 4.59. The van der Waals surface area contributed by atoms with Crippen molar-refractivity contribution in [2.45, 2.75) is 13.8 Å². The summed E-state index contributed by atoms with van der Waals surface area (Å²) in [6.07, 6.45) is 0. The zero-order chi connectivity index (χ0) is 17.2. The molecule has 0 radical (unpaired) electrons. The number of benzene rings is 2. The molecule has 0 fully saturated rings. The van der Waals surface area contributed by atoms with Crippen LogP contribution in [0, 0.1) is 7.14 Å². The summed E-state index contributed by atoms with van der Waals surface area (Å²) in [7, 11) is 1.25. The fourth-order valence-electron chi connectivity index (χ4n) is 1.58. The molecule has 0 saturated heterocycles. The second-order valence-corrected chi connectivity index (χ2v) is 11.9. The Morgan fingerprint density at radius 1 is 0.739 bits per heavy atom. The van der Waals surface area contributed by atoms with Crippen LogP contribution in [0.25, 0.3) is 0 Å². The number of hydrogen-bond donors (Lipinski definition) is 0. The zero-order valence-electron chi connectivity index (χ0n) is 12.3. The van der Waals surface area contributed by atoms with Crippen molar-refractivity contribution >= 4 is 96.4 Å². The molecule has 7 heteroatoms. The Kier molecular flexibility index (Phi) is 11.4. The van der Waals surface area contributed by atoms with Crippen molar-refractivity contribution in [3.8, 4) is 0 Å². The van der Waals surface area contributed by atoms with Crippen LogP contribution in [0.2, 0.25) is 0 Å². The monoisotopic (exact) mass is 704 g/mol. The van der Waals surface area contributed by atoms with E-state index in [1.54, 1.807) is 0 Å². The number of nitrogens with zero attached hydrogens (tertiary/aromatic N) is 2. The molecule has 2 aromatic carbocycles. The number of halogens is 4.